The van der Waals surface area contributed by atoms with Gasteiger partial charge >= 0.3 is 5.97 Å². The van der Waals surface area contributed by atoms with E-state index in [2.05, 4.69) is 45.0 Å². The molecule has 2 aliphatic heterocycles. The van der Waals surface area contributed by atoms with E-state index in [1.54, 1.807) is 30.3 Å². The van der Waals surface area contributed by atoms with E-state index < -0.39 is 75.7 Å². The molecule has 2 fully saturated rings. The van der Waals surface area contributed by atoms with Gasteiger partial charge in [0.15, 0.2) is 18.7 Å². The summed E-state index contributed by atoms with van der Waals surface area (Å²) < 4.78 is 47.8. The van der Waals surface area contributed by atoms with Gasteiger partial charge in [-0.2, -0.15) is 0 Å². The summed E-state index contributed by atoms with van der Waals surface area (Å²) in [7, 11) is 1.29. The first kappa shape index (κ1) is 39.2. The van der Waals surface area contributed by atoms with Crippen LogP contribution in [-0.2, 0) is 37.6 Å². The van der Waals surface area contributed by atoms with Gasteiger partial charge in [-0.15, -0.1) is 0 Å². The standard InChI is InChI=1S/C38H50O12Si/c1-38(2,3)51(25-18-12-8-13-19-25,26-20-14-9-15-21-26)47-23-27-29(39)30(40)32(50-35(41)24-16-10-7-11-17-24)37(49-27)46-22-28-31(43-4)33(44-5)34(45-6)36(42)48-28/h7-21,27-34,36-37,39-40,42H,22-23H2,1-6H3/t27-,28-,29-,30+,31-,32+,33+,34-,36+,37+/m1/s1. The van der Waals surface area contributed by atoms with Crippen molar-refractivity contribution < 1.29 is 57.7 Å². The fourth-order valence-corrected chi connectivity index (χ4v) is 11.6. The minimum absolute atomic E-state index is 0.120. The number of ether oxygens (including phenoxy) is 7. The largest absolute Gasteiger partial charge is 0.450 e. The maximum Gasteiger partial charge on any atom is 0.338 e. The average Bonchev–Trinajstić information content (AvgIpc) is 3.14. The molecule has 5 rings (SSSR count). The van der Waals surface area contributed by atoms with Gasteiger partial charge in [-0.1, -0.05) is 99.6 Å². The molecule has 13 heteroatoms. The van der Waals surface area contributed by atoms with Gasteiger partial charge in [-0.3, -0.25) is 0 Å². The van der Waals surface area contributed by atoms with Gasteiger partial charge < -0.3 is 52.9 Å². The van der Waals surface area contributed by atoms with Crippen molar-refractivity contribution in [3.8, 4) is 0 Å². The lowest BCUT2D eigenvalue weighted by molar-refractivity contribution is -0.329. The Bertz CT molecular complexity index is 1470. The van der Waals surface area contributed by atoms with Crippen LogP contribution >= 0.6 is 0 Å². The first-order chi connectivity index (χ1) is 24.5. The third-order valence-electron chi connectivity index (χ3n) is 9.63. The molecule has 0 unspecified atom stereocenters. The summed E-state index contributed by atoms with van der Waals surface area (Å²) in [6.07, 6.45) is -11.6. The van der Waals surface area contributed by atoms with Gasteiger partial charge in [0.25, 0.3) is 8.32 Å². The normalized spacial score (nSPS) is 30.1. The second-order valence-corrected chi connectivity index (χ2v) is 18.0. The molecule has 0 bridgehead atoms. The molecule has 3 aromatic carbocycles. The molecule has 0 radical (unpaired) electrons. The van der Waals surface area contributed by atoms with Crippen LogP contribution in [0.25, 0.3) is 0 Å². The van der Waals surface area contributed by atoms with Crippen molar-refractivity contribution in [3.63, 3.8) is 0 Å². The molecule has 51 heavy (non-hydrogen) atoms. The molecule has 10 atom stereocenters. The summed E-state index contributed by atoms with van der Waals surface area (Å²) in [6, 6.07) is 28.3. The molecule has 12 nitrogen and oxygen atoms in total. The van der Waals surface area contributed by atoms with E-state index >= 15 is 0 Å². The molecule has 0 amide bonds. The lowest BCUT2D eigenvalue weighted by atomic mass is 9.98. The van der Waals surface area contributed by atoms with Gasteiger partial charge in [0.05, 0.1) is 18.8 Å². The first-order valence-corrected chi connectivity index (χ1v) is 18.9. The Hall–Kier alpha value is -3.05. The molecule has 3 N–H and O–H groups in total. The zero-order valence-electron chi connectivity index (χ0n) is 29.9. The molecule has 2 saturated heterocycles. The highest BCUT2D eigenvalue weighted by molar-refractivity contribution is 6.99. The van der Waals surface area contributed by atoms with Crippen molar-refractivity contribution in [3.05, 3.63) is 96.6 Å². The summed E-state index contributed by atoms with van der Waals surface area (Å²) >= 11 is 0. The SMILES string of the molecule is CO[C@@H]1[C@@H](OC)[C@@H](O)O[C@H](CO[C@H]2O[C@H](CO[Si](c3ccccc3)(c3ccccc3)C(C)(C)C)[C@@H](O)[C@H](O)[C@@H]2OC(=O)c2ccccc2)[C@H]1OC. The molecule has 0 saturated carbocycles. The van der Waals surface area contributed by atoms with Crippen molar-refractivity contribution in [2.45, 2.75) is 87.2 Å². The Morgan fingerprint density at radius 1 is 0.667 bits per heavy atom. The number of esters is 1. The highest BCUT2D eigenvalue weighted by Crippen LogP contribution is 2.38. The monoisotopic (exact) mass is 726 g/mol. The van der Waals surface area contributed by atoms with E-state index in [0.717, 1.165) is 10.4 Å². The van der Waals surface area contributed by atoms with E-state index in [1.807, 2.05) is 36.4 Å². The fourth-order valence-electron chi connectivity index (χ4n) is 7.06. The highest BCUT2D eigenvalue weighted by Gasteiger charge is 2.54. The Kier molecular flexibility index (Phi) is 13.2. The molecular formula is C38H50O12Si. The van der Waals surface area contributed by atoms with E-state index in [4.69, 9.17) is 37.6 Å². The summed E-state index contributed by atoms with van der Waals surface area (Å²) in [5, 5.41) is 35.4. The Balaban J connectivity index is 1.44. The molecule has 2 aliphatic rings. The van der Waals surface area contributed by atoms with Crippen LogP contribution in [-0.4, -0.2) is 126 Å². The number of aliphatic hydroxyl groups excluding tert-OH is 3. The van der Waals surface area contributed by atoms with Crippen molar-refractivity contribution in [1.82, 2.24) is 0 Å². The quantitative estimate of drug-likeness (QED) is 0.175. The van der Waals surface area contributed by atoms with E-state index in [1.165, 1.54) is 21.3 Å². The average molecular weight is 727 g/mol. The number of benzene rings is 3. The zero-order valence-corrected chi connectivity index (χ0v) is 30.9. The van der Waals surface area contributed by atoms with Crippen LogP contribution < -0.4 is 10.4 Å². The van der Waals surface area contributed by atoms with Gasteiger partial charge in [0, 0.05) is 21.3 Å². The fraction of sp³-hybridized carbons (Fsp3) is 0.500. The maximum absolute atomic E-state index is 13.2. The van der Waals surface area contributed by atoms with Crippen molar-refractivity contribution in [1.29, 1.82) is 0 Å². The Morgan fingerprint density at radius 2 is 1.20 bits per heavy atom. The van der Waals surface area contributed by atoms with Crippen molar-refractivity contribution >= 4 is 24.7 Å². The van der Waals surface area contributed by atoms with Gasteiger partial charge in [0.2, 0.25) is 0 Å². The second kappa shape index (κ2) is 17.2. The zero-order chi connectivity index (χ0) is 36.8. The van der Waals surface area contributed by atoms with Crippen molar-refractivity contribution in [2.75, 3.05) is 34.5 Å². The van der Waals surface area contributed by atoms with Gasteiger partial charge in [-0.05, 0) is 27.5 Å². The van der Waals surface area contributed by atoms with Crippen LogP contribution in [0.5, 0.6) is 0 Å². The second-order valence-electron chi connectivity index (χ2n) is 13.7. The molecule has 0 aromatic heterocycles. The first-order valence-electron chi connectivity index (χ1n) is 17.0. The van der Waals surface area contributed by atoms with Crippen LogP contribution in [0.4, 0.5) is 0 Å². The summed E-state index contributed by atoms with van der Waals surface area (Å²) in [5.41, 5.74) is 0.238. The number of hydrogen-bond acceptors (Lipinski definition) is 12. The molecule has 3 aromatic rings. The number of rotatable bonds is 13. The van der Waals surface area contributed by atoms with Crippen LogP contribution in [0.1, 0.15) is 31.1 Å². The summed E-state index contributed by atoms with van der Waals surface area (Å²) in [4.78, 5) is 13.2. The number of carbonyl (C=O) groups is 1. The van der Waals surface area contributed by atoms with Gasteiger partial charge in [-0.25, -0.2) is 4.79 Å². The maximum atomic E-state index is 13.2. The molecular weight excluding hydrogens is 676 g/mol. The smallest absolute Gasteiger partial charge is 0.338 e. The summed E-state index contributed by atoms with van der Waals surface area (Å²) in [6.45, 7) is 6.03. The molecule has 0 spiro atoms. The van der Waals surface area contributed by atoms with Crippen LogP contribution in [0.15, 0.2) is 91.0 Å². The molecule has 278 valence electrons. The number of hydrogen-bond donors (Lipinski definition) is 3. The Morgan fingerprint density at radius 3 is 1.71 bits per heavy atom. The topological polar surface area (TPSA) is 152 Å². The molecule has 0 aliphatic carbocycles. The molecule has 2 heterocycles. The predicted molar refractivity (Wildman–Crippen MR) is 189 cm³/mol. The highest BCUT2D eigenvalue weighted by atomic mass is 28.4. The number of methoxy groups -OCH3 is 3. The summed E-state index contributed by atoms with van der Waals surface area (Å²) in [5.74, 6) is -0.743. The van der Waals surface area contributed by atoms with Crippen LogP contribution in [0, 0.1) is 0 Å². The minimum Gasteiger partial charge on any atom is -0.450 e. The number of carbonyl (C=O) groups excluding carboxylic acids is 1. The Labute approximate surface area is 300 Å². The third kappa shape index (κ3) is 8.29. The minimum atomic E-state index is -3.07. The number of aliphatic hydroxyl groups is 3. The van der Waals surface area contributed by atoms with E-state index in [9.17, 15) is 20.1 Å². The van der Waals surface area contributed by atoms with Crippen LogP contribution in [0.3, 0.4) is 0 Å². The lowest BCUT2D eigenvalue weighted by Crippen LogP contribution is -2.68. The van der Waals surface area contributed by atoms with Crippen molar-refractivity contribution in [2.24, 2.45) is 0 Å². The predicted octanol–water partition coefficient (Wildman–Crippen LogP) is 2.01. The van der Waals surface area contributed by atoms with Gasteiger partial charge in [0.1, 0.15) is 42.7 Å². The van der Waals surface area contributed by atoms with Crippen LogP contribution in [0.2, 0.25) is 5.04 Å². The van der Waals surface area contributed by atoms with E-state index in [-0.39, 0.29) is 23.8 Å². The third-order valence-corrected chi connectivity index (χ3v) is 14.6. The lowest BCUT2D eigenvalue weighted by Gasteiger charge is -2.47. The van der Waals surface area contributed by atoms with E-state index in [0.29, 0.717) is 0 Å².